The van der Waals surface area contributed by atoms with Crippen LogP contribution in [0.4, 0.5) is 0 Å². The van der Waals surface area contributed by atoms with Crippen LogP contribution in [0.5, 0.6) is 5.75 Å². The first-order valence-corrected chi connectivity index (χ1v) is 12.8. The highest BCUT2D eigenvalue weighted by molar-refractivity contribution is 5.94. The summed E-state index contributed by atoms with van der Waals surface area (Å²) in [6, 6.07) is 5.75. The second-order valence-corrected chi connectivity index (χ2v) is 9.15. The van der Waals surface area contributed by atoms with Crippen molar-refractivity contribution in [3.05, 3.63) is 29.8 Å². The van der Waals surface area contributed by atoms with Gasteiger partial charge in [0.1, 0.15) is 17.8 Å². The van der Waals surface area contributed by atoms with E-state index in [0.717, 1.165) is 30.6 Å². The summed E-state index contributed by atoms with van der Waals surface area (Å²) in [6.07, 6.45) is 4.05. The Morgan fingerprint density at radius 1 is 1.13 bits per heavy atom. The van der Waals surface area contributed by atoms with E-state index in [-0.39, 0.29) is 36.2 Å². The van der Waals surface area contributed by atoms with Gasteiger partial charge in [-0.15, -0.1) is 0 Å². The molecule has 6 N–H and O–H groups in total. The molecule has 2 aliphatic rings. The molecule has 0 bridgehead atoms. The number of rotatable bonds is 9. The lowest BCUT2D eigenvalue weighted by atomic mass is 9.93. The van der Waals surface area contributed by atoms with Crippen LogP contribution in [-0.4, -0.2) is 79.9 Å². The molecular formula is C26H39N5O8-2. The number of nitrogens with zero attached hydrogens (tertiary/aromatic N) is 1. The molecule has 218 valence electrons. The van der Waals surface area contributed by atoms with Gasteiger partial charge in [0.2, 0.25) is 17.7 Å². The van der Waals surface area contributed by atoms with Gasteiger partial charge in [0.15, 0.2) is 0 Å². The number of amides is 3. The van der Waals surface area contributed by atoms with Gasteiger partial charge in [-0.2, -0.15) is 0 Å². The summed E-state index contributed by atoms with van der Waals surface area (Å²) in [5.74, 6) is -0.114. The Morgan fingerprint density at radius 3 is 2.26 bits per heavy atom. The van der Waals surface area contributed by atoms with E-state index in [1.54, 1.807) is 12.0 Å². The third-order valence-electron chi connectivity index (χ3n) is 6.92. The Balaban J connectivity index is 0.00000116. The summed E-state index contributed by atoms with van der Waals surface area (Å²) < 4.78 is 5.17. The lowest BCUT2D eigenvalue weighted by molar-refractivity contribution is -0.284. The first kappa shape index (κ1) is 33.3. The summed E-state index contributed by atoms with van der Waals surface area (Å²) in [7, 11) is 1.62. The second kappa shape index (κ2) is 17.7. The molecule has 13 heteroatoms. The maximum Gasteiger partial charge on any atom is 0.246 e. The van der Waals surface area contributed by atoms with E-state index in [1.807, 2.05) is 31.2 Å². The van der Waals surface area contributed by atoms with Crippen molar-refractivity contribution in [2.45, 2.75) is 69.6 Å². The molecule has 3 amide bonds. The van der Waals surface area contributed by atoms with Gasteiger partial charge in [-0.05, 0) is 62.8 Å². The molecule has 1 aromatic rings. The summed E-state index contributed by atoms with van der Waals surface area (Å²) in [5, 5.41) is 22.3. The van der Waals surface area contributed by atoms with Gasteiger partial charge < -0.3 is 51.5 Å². The van der Waals surface area contributed by atoms with Gasteiger partial charge >= 0.3 is 0 Å². The molecule has 3 rings (SSSR count). The van der Waals surface area contributed by atoms with E-state index in [4.69, 9.17) is 36.0 Å². The third kappa shape index (κ3) is 9.84. The Morgan fingerprint density at radius 2 is 1.72 bits per heavy atom. The van der Waals surface area contributed by atoms with Crippen molar-refractivity contribution < 1.29 is 38.9 Å². The van der Waals surface area contributed by atoms with Crippen LogP contribution in [0.1, 0.15) is 44.6 Å². The highest BCUT2D eigenvalue weighted by Crippen LogP contribution is 2.33. The largest absolute Gasteiger partial charge is 0.554 e. The van der Waals surface area contributed by atoms with Gasteiger partial charge in [-0.3, -0.25) is 14.4 Å². The minimum Gasteiger partial charge on any atom is -0.554 e. The quantitative estimate of drug-likeness (QED) is 0.229. The van der Waals surface area contributed by atoms with Gasteiger partial charge in [0.25, 0.3) is 0 Å². The number of ether oxygens (including phenoxy) is 1. The van der Waals surface area contributed by atoms with E-state index in [0.29, 0.717) is 25.8 Å². The zero-order valence-corrected chi connectivity index (χ0v) is 22.4. The highest BCUT2D eigenvalue weighted by Gasteiger charge is 2.47. The van der Waals surface area contributed by atoms with Crippen LogP contribution in [0.25, 0.3) is 0 Å². The average molecular weight is 550 g/mol. The van der Waals surface area contributed by atoms with Crippen LogP contribution < -0.4 is 37.1 Å². The van der Waals surface area contributed by atoms with E-state index < -0.39 is 31.1 Å². The first-order chi connectivity index (χ1) is 18.7. The SMILES string of the molecule is CC[C@H](N)C(=O)N[C@@H]1C(=O)N2[C@@H](CC[C@@H]1CN)CC[C@H]2C(=O)NCCc1ccc(OC)cc1.O=C[O-].O=C[O-]. The summed E-state index contributed by atoms with van der Waals surface area (Å²) in [5.41, 5.74) is 12.9. The minimum absolute atomic E-state index is 0.00867. The Kier molecular flexibility index (Phi) is 15.2. The van der Waals surface area contributed by atoms with Crippen molar-refractivity contribution in [2.75, 3.05) is 20.2 Å². The van der Waals surface area contributed by atoms with E-state index in [2.05, 4.69) is 10.6 Å². The second-order valence-electron chi connectivity index (χ2n) is 9.15. The van der Waals surface area contributed by atoms with Crippen molar-refractivity contribution in [2.24, 2.45) is 17.4 Å². The number of carbonyl (C=O) groups is 5. The predicted octanol–water partition coefficient (Wildman–Crippen LogP) is -2.96. The Bertz CT molecular complexity index is 923. The fourth-order valence-electron chi connectivity index (χ4n) is 4.81. The fourth-order valence-corrected chi connectivity index (χ4v) is 4.81. The normalized spacial score (nSPS) is 22.4. The third-order valence-corrected chi connectivity index (χ3v) is 6.92. The van der Waals surface area contributed by atoms with Gasteiger partial charge in [-0.1, -0.05) is 19.1 Å². The fraction of sp³-hybridized carbons (Fsp3) is 0.577. The zero-order valence-electron chi connectivity index (χ0n) is 22.4. The number of hydrogen-bond acceptors (Lipinski definition) is 10. The molecule has 0 radical (unpaired) electrons. The van der Waals surface area contributed by atoms with Crippen molar-refractivity contribution >= 4 is 30.7 Å². The number of hydrogen-bond donors (Lipinski definition) is 4. The number of carbonyl (C=O) groups excluding carboxylic acids is 5. The van der Waals surface area contributed by atoms with E-state index >= 15 is 0 Å². The van der Waals surface area contributed by atoms with Crippen LogP contribution in [0.15, 0.2) is 24.3 Å². The Labute approximate surface area is 228 Å². The topological polar surface area (TPSA) is 220 Å². The molecule has 0 aliphatic carbocycles. The number of nitrogens with one attached hydrogen (secondary N) is 2. The Hall–Kier alpha value is -3.71. The zero-order chi connectivity index (χ0) is 29.4. The monoisotopic (exact) mass is 549 g/mol. The molecule has 2 fully saturated rings. The van der Waals surface area contributed by atoms with Crippen molar-refractivity contribution in [3.63, 3.8) is 0 Å². The molecule has 1 aromatic carbocycles. The molecule has 39 heavy (non-hydrogen) atoms. The van der Waals surface area contributed by atoms with Crippen LogP contribution >= 0.6 is 0 Å². The smallest absolute Gasteiger partial charge is 0.246 e. The first-order valence-electron chi connectivity index (χ1n) is 12.8. The van der Waals surface area contributed by atoms with Gasteiger partial charge in [0, 0.05) is 31.4 Å². The van der Waals surface area contributed by atoms with Crippen LogP contribution in [-0.2, 0) is 30.4 Å². The van der Waals surface area contributed by atoms with Gasteiger partial charge in [-0.25, -0.2) is 0 Å². The van der Waals surface area contributed by atoms with Crippen LogP contribution in [0.3, 0.4) is 0 Å². The lowest BCUT2D eigenvalue weighted by Crippen LogP contribution is -2.58. The molecule has 0 spiro atoms. The number of carboxylic acid groups (broad SMARTS) is 2. The predicted molar refractivity (Wildman–Crippen MR) is 137 cm³/mol. The van der Waals surface area contributed by atoms with Crippen LogP contribution in [0, 0.1) is 5.92 Å². The number of fused-ring (bicyclic) bond motifs is 1. The molecule has 13 nitrogen and oxygen atoms in total. The molecule has 2 aliphatic heterocycles. The van der Waals surface area contributed by atoms with Crippen molar-refractivity contribution in [3.8, 4) is 5.75 Å². The number of methoxy groups -OCH3 is 1. The standard InChI is InChI=1S/C24H37N5O4.2CH2O2/c1-3-19(26)22(30)28-21-16(14-25)6-7-17-8-11-20(29(17)24(21)32)23(31)27-13-12-15-4-9-18(33-2)10-5-15;2*2-1-3/h4-5,9-10,16-17,19-21H,3,6-8,11-14,25-26H2,1-2H3,(H,27,31)(H,28,30);2*1H,(H,2,3)/p-2/t16-,17+,19+,20+,21+;;/m1../s1. The highest BCUT2D eigenvalue weighted by atomic mass is 16.5. The summed E-state index contributed by atoms with van der Waals surface area (Å²) >= 11 is 0. The summed E-state index contributed by atoms with van der Waals surface area (Å²) in [4.78, 5) is 57.2. The lowest BCUT2D eigenvalue weighted by Gasteiger charge is -2.32. The van der Waals surface area contributed by atoms with Gasteiger partial charge in [0.05, 0.1) is 13.2 Å². The average Bonchev–Trinajstić information content (AvgIpc) is 3.31. The maximum atomic E-state index is 13.5. The van der Waals surface area contributed by atoms with E-state index in [1.165, 1.54) is 0 Å². The molecule has 2 heterocycles. The number of nitrogens with two attached hydrogens (primary N) is 2. The molecule has 0 aromatic heterocycles. The van der Waals surface area contributed by atoms with E-state index in [9.17, 15) is 14.4 Å². The molecular weight excluding hydrogens is 510 g/mol. The molecule has 5 atom stereocenters. The van der Waals surface area contributed by atoms with Crippen molar-refractivity contribution in [1.82, 2.24) is 15.5 Å². The number of benzene rings is 1. The molecule has 0 saturated carbocycles. The van der Waals surface area contributed by atoms with Crippen LogP contribution in [0.2, 0.25) is 0 Å². The van der Waals surface area contributed by atoms with Crippen molar-refractivity contribution in [1.29, 1.82) is 0 Å². The molecule has 2 saturated heterocycles. The molecule has 0 unspecified atom stereocenters. The maximum absolute atomic E-state index is 13.5. The minimum atomic E-state index is -0.752. The summed E-state index contributed by atoms with van der Waals surface area (Å²) in [6.45, 7) is 1.59.